The van der Waals surface area contributed by atoms with E-state index in [4.69, 9.17) is 0 Å². The molecule has 7 heteroatoms. The normalized spacial score (nSPS) is 19.8. The minimum atomic E-state index is -3.77. The van der Waals surface area contributed by atoms with Gasteiger partial charge in [-0.05, 0) is 37.0 Å². The summed E-state index contributed by atoms with van der Waals surface area (Å²) in [5.74, 6) is -1.14. The van der Waals surface area contributed by atoms with E-state index < -0.39 is 22.0 Å². The molecule has 1 atom stereocenters. The van der Waals surface area contributed by atoms with Crippen LogP contribution in [0.5, 0.6) is 0 Å². The molecule has 2 N–H and O–H groups in total. The van der Waals surface area contributed by atoms with E-state index in [-0.39, 0.29) is 17.1 Å². The van der Waals surface area contributed by atoms with Crippen molar-refractivity contribution in [1.29, 1.82) is 0 Å². The van der Waals surface area contributed by atoms with Crippen molar-refractivity contribution in [2.75, 3.05) is 13.2 Å². The lowest BCUT2D eigenvalue weighted by molar-refractivity contribution is 0.0695. The van der Waals surface area contributed by atoms with E-state index in [0.717, 1.165) is 0 Å². The fourth-order valence-corrected chi connectivity index (χ4v) is 4.38. The average Bonchev–Trinajstić information content (AvgIpc) is 2.95. The molecule has 1 heterocycles. The van der Waals surface area contributed by atoms with Gasteiger partial charge >= 0.3 is 5.97 Å². The fourth-order valence-electron chi connectivity index (χ4n) is 2.67. The summed E-state index contributed by atoms with van der Waals surface area (Å²) in [6.07, 6.45) is 1.84. The highest BCUT2D eigenvalue weighted by Crippen LogP contribution is 2.27. The standard InChI is InChI=1S/C14H19NO5S/c1-2-10-5-6-12(8-13(10)14(17)18)21(19,20)15-7-3-4-11(15)9-16/h5-6,8,11,16H,2-4,7,9H2,1H3,(H,17,18)/t11-/m1/s1. The molecule has 0 amide bonds. The SMILES string of the molecule is CCc1ccc(S(=O)(=O)N2CCC[C@@H]2CO)cc1C(=O)O. The first kappa shape index (κ1) is 15.9. The molecule has 1 aromatic carbocycles. The monoisotopic (exact) mass is 313 g/mol. The second-order valence-electron chi connectivity index (χ2n) is 5.07. The summed E-state index contributed by atoms with van der Waals surface area (Å²) in [6.45, 7) is 1.95. The number of carboxylic acids is 1. The highest BCUT2D eigenvalue weighted by atomic mass is 32.2. The quantitative estimate of drug-likeness (QED) is 0.848. The third-order valence-electron chi connectivity index (χ3n) is 3.83. The van der Waals surface area contributed by atoms with Gasteiger partial charge in [-0.3, -0.25) is 0 Å². The average molecular weight is 313 g/mol. The first-order valence-corrected chi connectivity index (χ1v) is 8.34. The van der Waals surface area contributed by atoms with Crippen LogP contribution in [0.25, 0.3) is 0 Å². The molecular formula is C14H19NO5S. The summed E-state index contributed by atoms with van der Waals surface area (Å²) in [7, 11) is -3.77. The van der Waals surface area contributed by atoms with Crippen molar-refractivity contribution in [3.63, 3.8) is 0 Å². The van der Waals surface area contributed by atoms with Crippen molar-refractivity contribution in [3.05, 3.63) is 29.3 Å². The molecule has 2 rings (SSSR count). The second-order valence-corrected chi connectivity index (χ2v) is 6.96. The Balaban J connectivity index is 2.45. The number of aliphatic hydroxyl groups is 1. The van der Waals surface area contributed by atoms with E-state index in [9.17, 15) is 23.4 Å². The molecule has 6 nitrogen and oxygen atoms in total. The summed E-state index contributed by atoms with van der Waals surface area (Å²) in [4.78, 5) is 11.2. The van der Waals surface area contributed by atoms with E-state index >= 15 is 0 Å². The van der Waals surface area contributed by atoms with Crippen LogP contribution in [0.4, 0.5) is 0 Å². The van der Waals surface area contributed by atoms with Gasteiger partial charge in [0.2, 0.25) is 10.0 Å². The number of carboxylic acid groups (broad SMARTS) is 1. The molecule has 0 unspecified atom stereocenters. The van der Waals surface area contributed by atoms with Crippen molar-refractivity contribution in [1.82, 2.24) is 4.31 Å². The number of sulfonamides is 1. The number of carbonyl (C=O) groups is 1. The predicted molar refractivity (Wildman–Crippen MR) is 76.8 cm³/mol. The Hall–Kier alpha value is -1.44. The number of hydrogen-bond acceptors (Lipinski definition) is 4. The number of rotatable bonds is 5. The van der Waals surface area contributed by atoms with E-state index in [0.29, 0.717) is 31.4 Å². The molecule has 0 aliphatic carbocycles. The smallest absolute Gasteiger partial charge is 0.336 e. The Kier molecular flexibility index (Phi) is 4.65. The third kappa shape index (κ3) is 2.95. The van der Waals surface area contributed by atoms with Crippen LogP contribution in [0.15, 0.2) is 23.1 Å². The number of aryl methyl sites for hydroxylation is 1. The Morgan fingerprint density at radius 2 is 2.14 bits per heavy atom. The highest BCUT2D eigenvalue weighted by molar-refractivity contribution is 7.89. The summed E-state index contributed by atoms with van der Waals surface area (Å²) >= 11 is 0. The first-order chi connectivity index (χ1) is 9.91. The van der Waals surface area contributed by atoms with Gasteiger partial charge in [0.05, 0.1) is 17.1 Å². The number of nitrogens with zero attached hydrogens (tertiary/aromatic N) is 1. The maximum atomic E-state index is 12.6. The van der Waals surface area contributed by atoms with E-state index in [2.05, 4.69) is 0 Å². The second kappa shape index (κ2) is 6.13. The number of benzene rings is 1. The van der Waals surface area contributed by atoms with Gasteiger partial charge in [-0.2, -0.15) is 4.31 Å². The lowest BCUT2D eigenvalue weighted by Gasteiger charge is -2.22. The fraction of sp³-hybridized carbons (Fsp3) is 0.500. The molecule has 116 valence electrons. The molecule has 0 radical (unpaired) electrons. The number of aliphatic hydroxyl groups excluding tert-OH is 1. The third-order valence-corrected chi connectivity index (χ3v) is 5.78. The zero-order valence-electron chi connectivity index (χ0n) is 11.8. The maximum absolute atomic E-state index is 12.6. The van der Waals surface area contributed by atoms with Crippen LogP contribution in [-0.2, 0) is 16.4 Å². The van der Waals surface area contributed by atoms with Gasteiger partial charge in [-0.25, -0.2) is 13.2 Å². The number of aromatic carboxylic acids is 1. The summed E-state index contributed by atoms with van der Waals surface area (Å²) in [6, 6.07) is 3.77. The van der Waals surface area contributed by atoms with Gasteiger partial charge in [0, 0.05) is 12.6 Å². The zero-order chi connectivity index (χ0) is 15.6. The predicted octanol–water partition coefficient (Wildman–Crippen LogP) is 1.09. The lowest BCUT2D eigenvalue weighted by atomic mass is 10.1. The summed E-state index contributed by atoms with van der Waals surface area (Å²) < 4.78 is 26.5. The Morgan fingerprint density at radius 1 is 1.43 bits per heavy atom. The molecule has 1 aromatic rings. The van der Waals surface area contributed by atoms with Gasteiger partial charge < -0.3 is 10.2 Å². The van der Waals surface area contributed by atoms with Gasteiger partial charge in [0.25, 0.3) is 0 Å². The maximum Gasteiger partial charge on any atom is 0.336 e. The van der Waals surface area contributed by atoms with E-state index in [1.165, 1.54) is 16.4 Å². The van der Waals surface area contributed by atoms with E-state index in [1.807, 2.05) is 6.92 Å². The van der Waals surface area contributed by atoms with Gasteiger partial charge in [-0.15, -0.1) is 0 Å². The van der Waals surface area contributed by atoms with Gasteiger partial charge in [0.1, 0.15) is 0 Å². The zero-order valence-corrected chi connectivity index (χ0v) is 12.6. The minimum absolute atomic E-state index is 0.0123. The van der Waals surface area contributed by atoms with Crippen LogP contribution in [0.3, 0.4) is 0 Å². The van der Waals surface area contributed by atoms with E-state index in [1.54, 1.807) is 6.07 Å². The molecule has 21 heavy (non-hydrogen) atoms. The Bertz CT molecular complexity index is 641. The van der Waals surface area contributed by atoms with Crippen LogP contribution in [0.1, 0.15) is 35.7 Å². The van der Waals surface area contributed by atoms with Crippen molar-refractivity contribution in [3.8, 4) is 0 Å². The topological polar surface area (TPSA) is 94.9 Å². The molecule has 0 bridgehead atoms. The van der Waals surface area contributed by atoms with Crippen LogP contribution in [0.2, 0.25) is 0 Å². The molecule has 0 aromatic heterocycles. The minimum Gasteiger partial charge on any atom is -0.478 e. The molecule has 1 saturated heterocycles. The molecule has 1 fully saturated rings. The summed E-state index contributed by atoms with van der Waals surface area (Å²) in [5, 5.41) is 18.5. The molecule has 0 saturated carbocycles. The van der Waals surface area contributed by atoms with Crippen LogP contribution >= 0.6 is 0 Å². The van der Waals surface area contributed by atoms with Crippen molar-refractivity contribution in [2.45, 2.75) is 37.1 Å². The highest BCUT2D eigenvalue weighted by Gasteiger charge is 2.35. The van der Waals surface area contributed by atoms with Crippen molar-refractivity contribution < 1.29 is 23.4 Å². The number of hydrogen-bond donors (Lipinski definition) is 2. The van der Waals surface area contributed by atoms with Crippen molar-refractivity contribution in [2.24, 2.45) is 0 Å². The van der Waals surface area contributed by atoms with Crippen molar-refractivity contribution >= 4 is 16.0 Å². The van der Waals surface area contributed by atoms with Gasteiger partial charge in [0.15, 0.2) is 0 Å². The van der Waals surface area contributed by atoms with Crippen LogP contribution in [0, 0.1) is 0 Å². The molecule has 0 spiro atoms. The lowest BCUT2D eigenvalue weighted by Crippen LogP contribution is -2.37. The molecular weight excluding hydrogens is 294 g/mol. The first-order valence-electron chi connectivity index (χ1n) is 6.90. The van der Waals surface area contributed by atoms with Crippen LogP contribution in [-0.4, -0.2) is 48.1 Å². The Labute approximate surface area is 124 Å². The molecule has 1 aliphatic heterocycles. The largest absolute Gasteiger partial charge is 0.478 e. The van der Waals surface area contributed by atoms with Crippen LogP contribution < -0.4 is 0 Å². The Morgan fingerprint density at radius 3 is 2.71 bits per heavy atom. The van der Waals surface area contributed by atoms with Gasteiger partial charge in [-0.1, -0.05) is 13.0 Å². The summed E-state index contributed by atoms with van der Waals surface area (Å²) in [5.41, 5.74) is 0.611. The molecule has 1 aliphatic rings.